The van der Waals surface area contributed by atoms with Crippen molar-refractivity contribution < 1.29 is 19.0 Å². The van der Waals surface area contributed by atoms with Crippen molar-refractivity contribution in [3.05, 3.63) is 35.9 Å². The van der Waals surface area contributed by atoms with E-state index < -0.39 is 5.97 Å². The van der Waals surface area contributed by atoms with Crippen LogP contribution in [0.4, 0.5) is 0 Å². The minimum atomic E-state index is -0.396. The van der Waals surface area contributed by atoms with E-state index in [0.717, 1.165) is 11.3 Å². The molecule has 0 spiro atoms. The first kappa shape index (κ1) is 15.2. The molecule has 0 unspecified atom stereocenters. The van der Waals surface area contributed by atoms with Gasteiger partial charge in [0.2, 0.25) is 0 Å². The highest BCUT2D eigenvalue weighted by Gasteiger charge is 1.97. The maximum Gasteiger partial charge on any atom is 0.330 e. The number of carbonyl (C=O) groups is 1. The Hall–Kier alpha value is -1.85. The number of ether oxygens (including phenoxy) is 3. The molecule has 0 amide bonds. The van der Waals surface area contributed by atoms with Gasteiger partial charge in [-0.2, -0.15) is 0 Å². The Kier molecular flexibility index (Phi) is 7.31. The molecule has 0 radical (unpaired) electrons. The molecule has 0 aliphatic carbocycles. The molecule has 0 fully saturated rings. The van der Waals surface area contributed by atoms with Crippen LogP contribution in [0.25, 0.3) is 6.08 Å². The van der Waals surface area contributed by atoms with Crippen LogP contribution in [-0.2, 0) is 14.3 Å². The highest BCUT2D eigenvalue weighted by molar-refractivity contribution is 5.87. The Balaban J connectivity index is 2.28. The van der Waals surface area contributed by atoms with Crippen molar-refractivity contribution in [2.75, 3.05) is 33.5 Å². The van der Waals surface area contributed by atoms with Crippen LogP contribution in [0.15, 0.2) is 30.3 Å². The molecule has 0 heterocycles. The number of rotatable bonds is 8. The van der Waals surface area contributed by atoms with Crippen molar-refractivity contribution in [3.8, 4) is 5.75 Å². The summed E-state index contributed by atoms with van der Waals surface area (Å²) in [5, 5.41) is 0. The molecule has 104 valence electrons. The second kappa shape index (κ2) is 9.13. The largest absolute Gasteiger partial charge is 0.497 e. The van der Waals surface area contributed by atoms with E-state index in [1.807, 2.05) is 24.3 Å². The van der Waals surface area contributed by atoms with Gasteiger partial charge in [-0.05, 0) is 23.8 Å². The molecule has 0 atom stereocenters. The Morgan fingerprint density at radius 2 is 1.95 bits per heavy atom. The molecule has 0 saturated carbocycles. The summed E-state index contributed by atoms with van der Waals surface area (Å²) in [6.45, 7) is 1.52. The number of hydrogen-bond acceptors (Lipinski definition) is 5. The lowest BCUT2D eigenvalue weighted by Crippen LogP contribution is -2.13. The molecular formula is C14H19NO4. The number of nitrogens with two attached hydrogens (primary N) is 1. The highest BCUT2D eigenvalue weighted by Crippen LogP contribution is 2.12. The number of esters is 1. The van der Waals surface area contributed by atoms with E-state index in [2.05, 4.69) is 0 Å². The average Bonchev–Trinajstić information content (AvgIpc) is 2.45. The Morgan fingerprint density at radius 3 is 2.58 bits per heavy atom. The molecular weight excluding hydrogens is 246 g/mol. The van der Waals surface area contributed by atoms with Gasteiger partial charge in [0, 0.05) is 12.6 Å². The van der Waals surface area contributed by atoms with E-state index >= 15 is 0 Å². The molecule has 5 nitrogen and oxygen atoms in total. The van der Waals surface area contributed by atoms with Gasteiger partial charge in [0.05, 0.1) is 20.3 Å². The molecule has 1 aromatic carbocycles. The molecule has 0 bridgehead atoms. The summed E-state index contributed by atoms with van der Waals surface area (Å²) < 4.78 is 15.1. The quantitative estimate of drug-likeness (QED) is 0.435. The van der Waals surface area contributed by atoms with E-state index in [4.69, 9.17) is 19.9 Å². The third-order valence-corrected chi connectivity index (χ3v) is 2.26. The zero-order valence-electron chi connectivity index (χ0n) is 11.0. The van der Waals surface area contributed by atoms with E-state index in [1.165, 1.54) is 6.08 Å². The zero-order chi connectivity index (χ0) is 13.9. The second-order valence-electron chi connectivity index (χ2n) is 3.68. The molecule has 2 N–H and O–H groups in total. The predicted molar refractivity (Wildman–Crippen MR) is 72.9 cm³/mol. The fourth-order valence-electron chi connectivity index (χ4n) is 1.31. The van der Waals surface area contributed by atoms with Gasteiger partial charge in [-0.15, -0.1) is 0 Å². The zero-order valence-corrected chi connectivity index (χ0v) is 11.0. The van der Waals surface area contributed by atoms with Crippen molar-refractivity contribution >= 4 is 12.0 Å². The van der Waals surface area contributed by atoms with Crippen molar-refractivity contribution in [3.63, 3.8) is 0 Å². The summed E-state index contributed by atoms with van der Waals surface area (Å²) in [6.07, 6.45) is 3.06. The van der Waals surface area contributed by atoms with E-state index in [9.17, 15) is 4.79 Å². The van der Waals surface area contributed by atoms with Crippen LogP contribution >= 0.6 is 0 Å². The van der Waals surface area contributed by atoms with Crippen LogP contribution in [-0.4, -0.2) is 39.4 Å². The Bertz CT molecular complexity index is 400. The van der Waals surface area contributed by atoms with Gasteiger partial charge in [-0.1, -0.05) is 12.1 Å². The first-order valence-electron chi connectivity index (χ1n) is 6.03. The van der Waals surface area contributed by atoms with Gasteiger partial charge < -0.3 is 19.9 Å². The average molecular weight is 265 g/mol. The van der Waals surface area contributed by atoms with Crippen molar-refractivity contribution in [1.29, 1.82) is 0 Å². The van der Waals surface area contributed by atoms with Gasteiger partial charge in [-0.25, -0.2) is 4.79 Å². The summed E-state index contributed by atoms with van der Waals surface area (Å²) in [4.78, 5) is 11.4. The number of carbonyl (C=O) groups excluding carboxylic acids is 1. The van der Waals surface area contributed by atoms with Crippen LogP contribution in [0.3, 0.4) is 0 Å². The molecule has 0 saturated heterocycles. The van der Waals surface area contributed by atoms with Crippen LogP contribution in [0.5, 0.6) is 5.75 Å². The van der Waals surface area contributed by atoms with E-state index in [-0.39, 0.29) is 6.61 Å². The van der Waals surface area contributed by atoms with Gasteiger partial charge >= 0.3 is 5.97 Å². The molecule has 0 aliphatic rings. The molecule has 1 rings (SSSR count). The van der Waals surface area contributed by atoms with Crippen LogP contribution in [0.1, 0.15) is 5.56 Å². The van der Waals surface area contributed by atoms with Crippen LogP contribution in [0, 0.1) is 0 Å². The number of methoxy groups -OCH3 is 1. The monoisotopic (exact) mass is 265 g/mol. The number of benzene rings is 1. The van der Waals surface area contributed by atoms with Gasteiger partial charge in [0.15, 0.2) is 0 Å². The summed E-state index contributed by atoms with van der Waals surface area (Å²) in [7, 11) is 1.61. The van der Waals surface area contributed by atoms with Crippen molar-refractivity contribution in [1.82, 2.24) is 0 Å². The third kappa shape index (κ3) is 6.59. The molecule has 0 aromatic heterocycles. The van der Waals surface area contributed by atoms with Gasteiger partial charge in [0.1, 0.15) is 12.4 Å². The normalized spacial score (nSPS) is 10.6. The lowest BCUT2D eigenvalue weighted by atomic mass is 10.2. The maximum absolute atomic E-state index is 11.4. The molecule has 19 heavy (non-hydrogen) atoms. The summed E-state index contributed by atoms with van der Waals surface area (Å²) in [5.41, 5.74) is 6.15. The summed E-state index contributed by atoms with van der Waals surface area (Å²) in [5.74, 6) is 0.379. The third-order valence-electron chi connectivity index (χ3n) is 2.26. The lowest BCUT2D eigenvalue weighted by molar-refractivity contribution is -0.139. The SMILES string of the molecule is COc1ccc(/C=C/C(=O)OCCOCCN)cc1. The predicted octanol–water partition coefficient (Wildman–Crippen LogP) is 1.23. The molecule has 1 aromatic rings. The van der Waals surface area contributed by atoms with Crippen LogP contribution < -0.4 is 10.5 Å². The summed E-state index contributed by atoms with van der Waals surface area (Å²) >= 11 is 0. The van der Waals surface area contributed by atoms with E-state index in [0.29, 0.717) is 19.8 Å². The topological polar surface area (TPSA) is 70.8 Å². The van der Waals surface area contributed by atoms with Gasteiger partial charge in [-0.3, -0.25) is 0 Å². The Morgan fingerprint density at radius 1 is 1.21 bits per heavy atom. The minimum Gasteiger partial charge on any atom is -0.497 e. The number of hydrogen-bond donors (Lipinski definition) is 1. The molecule has 0 aliphatic heterocycles. The van der Waals surface area contributed by atoms with Crippen LogP contribution in [0.2, 0.25) is 0 Å². The molecule has 5 heteroatoms. The summed E-state index contributed by atoms with van der Waals surface area (Å²) in [6, 6.07) is 7.36. The second-order valence-corrected chi connectivity index (χ2v) is 3.68. The maximum atomic E-state index is 11.4. The van der Waals surface area contributed by atoms with Crippen molar-refractivity contribution in [2.45, 2.75) is 0 Å². The van der Waals surface area contributed by atoms with Crippen molar-refractivity contribution in [2.24, 2.45) is 5.73 Å². The highest BCUT2D eigenvalue weighted by atomic mass is 16.6. The Labute approximate surface area is 113 Å². The first-order valence-corrected chi connectivity index (χ1v) is 6.03. The fourth-order valence-corrected chi connectivity index (χ4v) is 1.31. The lowest BCUT2D eigenvalue weighted by Gasteiger charge is -2.02. The first-order chi connectivity index (χ1) is 9.26. The van der Waals surface area contributed by atoms with E-state index in [1.54, 1.807) is 13.2 Å². The van der Waals surface area contributed by atoms with Gasteiger partial charge in [0.25, 0.3) is 0 Å². The fraction of sp³-hybridized carbons (Fsp3) is 0.357. The minimum absolute atomic E-state index is 0.228. The standard InChI is InChI=1S/C14H19NO4/c1-17-13-5-2-12(3-6-13)4-7-14(16)19-11-10-18-9-8-15/h2-7H,8-11,15H2,1H3/b7-4+. The smallest absolute Gasteiger partial charge is 0.330 e.